The molecule has 2 rings (SSSR count). The van der Waals surface area contributed by atoms with Crippen LogP contribution in [0.5, 0.6) is 0 Å². The van der Waals surface area contributed by atoms with E-state index >= 15 is 0 Å². The number of carboxylic acids is 1. The Balaban J connectivity index is 2.31. The van der Waals surface area contributed by atoms with Crippen LogP contribution in [0.3, 0.4) is 0 Å². The van der Waals surface area contributed by atoms with Crippen molar-refractivity contribution < 1.29 is 23.8 Å². The van der Waals surface area contributed by atoms with Crippen molar-refractivity contribution in [2.24, 2.45) is 0 Å². The third-order valence-electron chi connectivity index (χ3n) is 3.56. The SMILES string of the molecule is COC1CC(C(=O)O)N(C(=O)c2cccc(C)c2F)C1. The van der Waals surface area contributed by atoms with Gasteiger partial charge in [0, 0.05) is 20.1 Å². The van der Waals surface area contributed by atoms with Crippen molar-refractivity contribution in [1.82, 2.24) is 4.90 Å². The predicted molar refractivity (Wildman–Crippen MR) is 69.0 cm³/mol. The molecule has 0 aliphatic carbocycles. The normalized spacial score (nSPS) is 22.1. The summed E-state index contributed by atoms with van der Waals surface area (Å²) < 4.78 is 19.1. The van der Waals surface area contributed by atoms with Gasteiger partial charge < -0.3 is 14.7 Å². The first-order valence-corrected chi connectivity index (χ1v) is 6.27. The van der Waals surface area contributed by atoms with E-state index in [-0.39, 0.29) is 24.6 Å². The molecule has 0 saturated carbocycles. The Morgan fingerprint density at radius 1 is 1.45 bits per heavy atom. The van der Waals surface area contributed by atoms with Crippen LogP contribution in [-0.2, 0) is 9.53 Å². The molecule has 1 fully saturated rings. The van der Waals surface area contributed by atoms with Gasteiger partial charge >= 0.3 is 5.97 Å². The topological polar surface area (TPSA) is 66.8 Å². The van der Waals surface area contributed by atoms with Crippen LogP contribution in [0.4, 0.5) is 4.39 Å². The molecule has 0 bridgehead atoms. The zero-order valence-electron chi connectivity index (χ0n) is 11.3. The molecule has 1 amide bonds. The molecule has 1 heterocycles. The van der Waals surface area contributed by atoms with E-state index in [1.54, 1.807) is 19.1 Å². The summed E-state index contributed by atoms with van der Waals surface area (Å²) >= 11 is 0. The molecule has 1 N–H and O–H groups in total. The van der Waals surface area contributed by atoms with E-state index in [1.807, 2.05) is 0 Å². The van der Waals surface area contributed by atoms with E-state index in [9.17, 15) is 19.1 Å². The fourth-order valence-electron chi connectivity index (χ4n) is 2.39. The smallest absolute Gasteiger partial charge is 0.326 e. The van der Waals surface area contributed by atoms with Gasteiger partial charge in [-0.2, -0.15) is 0 Å². The number of hydrogen-bond acceptors (Lipinski definition) is 3. The van der Waals surface area contributed by atoms with E-state index in [0.717, 1.165) is 4.90 Å². The maximum atomic E-state index is 14.0. The van der Waals surface area contributed by atoms with Crippen LogP contribution in [0.25, 0.3) is 0 Å². The van der Waals surface area contributed by atoms with Crippen LogP contribution in [0.15, 0.2) is 18.2 Å². The third-order valence-corrected chi connectivity index (χ3v) is 3.56. The first-order valence-electron chi connectivity index (χ1n) is 6.27. The van der Waals surface area contributed by atoms with Gasteiger partial charge in [0.25, 0.3) is 5.91 Å². The molecule has 1 aliphatic rings. The van der Waals surface area contributed by atoms with E-state index < -0.39 is 23.7 Å². The highest BCUT2D eigenvalue weighted by Crippen LogP contribution is 2.24. The fourth-order valence-corrected chi connectivity index (χ4v) is 2.39. The highest BCUT2D eigenvalue weighted by Gasteiger charge is 2.40. The number of nitrogens with zero attached hydrogens (tertiary/aromatic N) is 1. The number of likely N-dealkylation sites (tertiary alicyclic amines) is 1. The Labute approximate surface area is 116 Å². The standard InChI is InChI=1S/C14H16FNO4/c1-8-4-3-5-10(12(8)15)13(17)16-7-9(20-2)6-11(16)14(18)19/h3-5,9,11H,6-7H2,1-2H3,(H,18,19). The number of amides is 1. The second-order valence-corrected chi connectivity index (χ2v) is 4.84. The lowest BCUT2D eigenvalue weighted by Crippen LogP contribution is -2.41. The summed E-state index contributed by atoms with van der Waals surface area (Å²) in [5.74, 6) is -2.33. The Kier molecular flexibility index (Phi) is 4.04. The molecule has 1 saturated heterocycles. The minimum Gasteiger partial charge on any atom is -0.480 e. The molecule has 1 aromatic rings. The van der Waals surface area contributed by atoms with E-state index in [0.29, 0.717) is 5.56 Å². The second kappa shape index (κ2) is 5.58. The van der Waals surface area contributed by atoms with Crippen LogP contribution in [0.2, 0.25) is 0 Å². The molecule has 0 spiro atoms. The van der Waals surface area contributed by atoms with Crippen molar-refractivity contribution in [3.05, 3.63) is 35.1 Å². The van der Waals surface area contributed by atoms with Gasteiger partial charge in [-0.1, -0.05) is 12.1 Å². The summed E-state index contributed by atoms with van der Waals surface area (Å²) in [6, 6.07) is 3.52. The molecule has 6 heteroatoms. The van der Waals surface area contributed by atoms with Crippen LogP contribution in [0.1, 0.15) is 22.3 Å². The maximum absolute atomic E-state index is 14.0. The Bertz CT molecular complexity index is 546. The summed E-state index contributed by atoms with van der Waals surface area (Å²) in [6.07, 6.45) is -0.127. The van der Waals surface area contributed by atoms with Gasteiger partial charge in [-0.25, -0.2) is 9.18 Å². The molecular formula is C14H16FNO4. The number of aryl methyl sites for hydroxylation is 1. The summed E-state index contributed by atoms with van der Waals surface area (Å²) in [5, 5.41) is 9.17. The van der Waals surface area contributed by atoms with E-state index in [2.05, 4.69) is 0 Å². The zero-order chi connectivity index (χ0) is 14.9. The zero-order valence-corrected chi connectivity index (χ0v) is 11.3. The van der Waals surface area contributed by atoms with Crippen molar-refractivity contribution in [3.8, 4) is 0 Å². The summed E-state index contributed by atoms with van der Waals surface area (Å²) in [6.45, 7) is 1.71. The van der Waals surface area contributed by atoms with E-state index in [1.165, 1.54) is 13.2 Å². The molecule has 1 aromatic carbocycles. The van der Waals surface area contributed by atoms with Gasteiger partial charge in [-0.3, -0.25) is 4.79 Å². The molecule has 0 aromatic heterocycles. The number of methoxy groups -OCH3 is 1. The first kappa shape index (κ1) is 14.5. The lowest BCUT2D eigenvalue weighted by Gasteiger charge is -2.21. The largest absolute Gasteiger partial charge is 0.480 e. The Morgan fingerprint density at radius 2 is 2.15 bits per heavy atom. The highest BCUT2D eigenvalue weighted by molar-refractivity contribution is 5.97. The molecule has 108 valence electrons. The number of rotatable bonds is 3. The average Bonchev–Trinajstić information content (AvgIpc) is 2.85. The highest BCUT2D eigenvalue weighted by atomic mass is 19.1. The molecule has 2 atom stereocenters. The number of benzene rings is 1. The Hall–Kier alpha value is -1.95. The van der Waals surface area contributed by atoms with Crippen LogP contribution < -0.4 is 0 Å². The third kappa shape index (κ3) is 2.51. The fraction of sp³-hybridized carbons (Fsp3) is 0.429. The molecule has 0 radical (unpaired) electrons. The minimum absolute atomic E-state index is 0.104. The van der Waals surface area contributed by atoms with Gasteiger partial charge in [0.05, 0.1) is 11.7 Å². The average molecular weight is 281 g/mol. The number of aliphatic carboxylic acids is 1. The monoisotopic (exact) mass is 281 g/mol. The number of halogens is 1. The first-order chi connectivity index (χ1) is 9.45. The van der Waals surface area contributed by atoms with Gasteiger partial charge in [-0.05, 0) is 18.6 Å². The van der Waals surface area contributed by atoms with Crippen LogP contribution in [-0.4, -0.2) is 47.7 Å². The molecule has 2 unspecified atom stereocenters. The van der Waals surface area contributed by atoms with Crippen molar-refractivity contribution >= 4 is 11.9 Å². The second-order valence-electron chi connectivity index (χ2n) is 4.84. The van der Waals surface area contributed by atoms with Gasteiger partial charge in [0.2, 0.25) is 0 Å². The number of carbonyl (C=O) groups excluding carboxylic acids is 1. The lowest BCUT2D eigenvalue weighted by atomic mass is 10.1. The maximum Gasteiger partial charge on any atom is 0.326 e. The number of carbonyl (C=O) groups is 2. The molecule has 1 aliphatic heterocycles. The number of hydrogen-bond donors (Lipinski definition) is 1. The van der Waals surface area contributed by atoms with Gasteiger partial charge in [-0.15, -0.1) is 0 Å². The summed E-state index contributed by atoms with van der Waals surface area (Å²) in [7, 11) is 1.46. The van der Waals surface area contributed by atoms with Crippen LogP contribution >= 0.6 is 0 Å². The van der Waals surface area contributed by atoms with Crippen molar-refractivity contribution in [2.75, 3.05) is 13.7 Å². The molecular weight excluding hydrogens is 265 g/mol. The lowest BCUT2D eigenvalue weighted by molar-refractivity contribution is -0.141. The summed E-state index contributed by atoms with van der Waals surface area (Å²) in [5.41, 5.74) is 0.248. The van der Waals surface area contributed by atoms with Crippen molar-refractivity contribution in [3.63, 3.8) is 0 Å². The number of carboxylic acid groups (broad SMARTS) is 1. The van der Waals surface area contributed by atoms with Crippen LogP contribution in [0, 0.1) is 12.7 Å². The quantitative estimate of drug-likeness (QED) is 0.910. The predicted octanol–water partition coefficient (Wildman–Crippen LogP) is 1.45. The minimum atomic E-state index is -1.11. The van der Waals surface area contributed by atoms with Crippen molar-refractivity contribution in [1.29, 1.82) is 0 Å². The molecule has 20 heavy (non-hydrogen) atoms. The van der Waals surface area contributed by atoms with Gasteiger partial charge in [0.15, 0.2) is 0 Å². The van der Waals surface area contributed by atoms with Crippen molar-refractivity contribution in [2.45, 2.75) is 25.5 Å². The van der Waals surface area contributed by atoms with E-state index in [4.69, 9.17) is 4.74 Å². The van der Waals surface area contributed by atoms with Gasteiger partial charge in [0.1, 0.15) is 11.9 Å². The summed E-state index contributed by atoms with van der Waals surface area (Å²) in [4.78, 5) is 24.7. The number of ether oxygens (including phenoxy) is 1. The Morgan fingerprint density at radius 3 is 2.75 bits per heavy atom. The molecule has 5 nitrogen and oxygen atoms in total.